The second kappa shape index (κ2) is 3.94. The van der Waals surface area contributed by atoms with E-state index in [9.17, 15) is 4.79 Å². The van der Waals surface area contributed by atoms with E-state index in [-0.39, 0.29) is 6.03 Å². The Balaban J connectivity index is 2.65. The Morgan fingerprint density at radius 3 is 2.23 bits per heavy atom. The van der Waals surface area contributed by atoms with Crippen molar-refractivity contribution in [3.63, 3.8) is 0 Å². The molecule has 0 aliphatic rings. The van der Waals surface area contributed by atoms with Crippen molar-refractivity contribution in [3.05, 3.63) is 29.8 Å². The highest BCUT2D eigenvalue weighted by Crippen LogP contribution is 2.08. The van der Waals surface area contributed by atoms with Crippen LogP contribution in [0.5, 0.6) is 0 Å². The Hall–Kier alpha value is -1.51. The summed E-state index contributed by atoms with van der Waals surface area (Å²) in [5, 5.41) is 3.89. The molecule has 0 aromatic heterocycles. The van der Waals surface area contributed by atoms with Gasteiger partial charge in [-0.3, -0.25) is 0 Å². The van der Waals surface area contributed by atoms with Crippen molar-refractivity contribution in [2.45, 2.75) is 6.92 Å². The van der Waals surface area contributed by atoms with E-state index in [4.69, 9.17) is 0 Å². The van der Waals surface area contributed by atoms with E-state index in [0.717, 1.165) is 5.56 Å². The number of hydrogen-bond acceptors (Lipinski definition) is 1. The van der Waals surface area contributed by atoms with E-state index in [1.54, 1.807) is 14.1 Å². The zero-order valence-corrected chi connectivity index (χ0v) is 8.11. The molecule has 2 amide bonds. The maximum Gasteiger partial charge on any atom is 0.343 e. The number of carbonyl (C=O) groups is 1. The molecule has 0 unspecified atom stereocenters. The molecule has 0 N–H and O–H groups in total. The van der Waals surface area contributed by atoms with E-state index in [1.807, 2.05) is 31.2 Å². The summed E-state index contributed by atoms with van der Waals surface area (Å²) < 4.78 is 0. The van der Waals surface area contributed by atoms with Gasteiger partial charge in [-0.1, -0.05) is 17.7 Å². The summed E-state index contributed by atoms with van der Waals surface area (Å²) in [7, 11) is 3.36. The quantitative estimate of drug-likeness (QED) is 0.645. The highest BCUT2D eigenvalue weighted by molar-refractivity contribution is 5.78. The van der Waals surface area contributed by atoms with Gasteiger partial charge in [0.1, 0.15) is 0 Å². The molecule has 0 atom stereocenters. The van der Waals surface area contributed by atoms with Crippen LogP contribution in [0.1, 0.15) is 5.56 Å². The van der Waals surface area contributed by atoms with Gasteiger partial charge in [-0.25, -0.2) is 4.79 Å². The number of amides is 2. The molecular formula is C10H13N2O. The summed E-state index contributed by atoms with van der Waals surface area (Å²) in [6, 6.07) is 7.29. The van der Waals surface area contributed by atoms with Gasteiger partial charge < -0.3 is 4.90 Å². The van der Waals surface area contributed by atoms with Crippen molar-refractivity contribution in [1.29, 1.82) is 0 Å². The smallest absolute Gasteiger partial charge is 0.329 e. The monoisotopic (exact) mass is 177 g/mol. The highest BCUT2D eigenvalue weighted by atomic mass is 16.2. The topological polar surface area (TPSA) is 34.4 Å². The first-order valence-corrected chi connectivity index (χ1v) is 4.09. The SMILES string of the molecule is Cc1ccc([N]C(=O)N(C)C)cc1. The number of benzene rings is 1. The predicted molar refractivity (Wildman–Crippen MR) is 52.1 cm³/mol. The molecule has 0 saturated carbocycles. The molecular weight excluding hydrogens is 164 g/mol. The van der Waals surface area contributed by atoms with Crippen LogP contribution >= 0.6 is 0 Å². The number of urea groups is 1. The van der Waals surface area contributed by atoms with Crippen molar-refractivity contribution in [2.24, 2.45) is 0 Å². The molecule has 3 heteroatoms. The zero-order chi connectivity index (χ0) is 9.84. The van der Waals surface area contributed by atoms with Crippen molar-refractivity contribution >= 4 is 11.7 Å². The summed E-state index contributed by atoms with van der Waals surface area (Å²) in [4.78, 5) is 12.6. The minimum atomic E-state index is -0.233. The van der Waals surface area contributed by atoms with E-state index in [1.165, 1.54) is 4.90 Å². The Kier molecular flexibility index (Phi) is 2.90. The first-order valence-electron chi connectivity index (χ1n) is 4.09. The molecule has 0 aliphatic carbocycles. The van der Waals surface area contributed by atoms with Crippen molar-refractivity contribution in [3.8, 4) is 0 Å². The van der Waals surface area contributed by atoms with Crippen molar-refractivity contribution in [1.82, 2.24) is 10.2 Å². The van der Waals surface area contributed by atoms with Gasteiger partial charge in [0, 0.05) is 14.1 Å². The predicted octanol–water partition coefficient (Wildman–Crippen LogP) is 1.91. The maximum atomic E-state index is 11.2. The van der Waals surface area contributed by atoms with Gasteiger partial charge in [-0.15, -0.1) is 0 Å². The molecule has 1 radical (unpaired) electrons. The molecule has 1 aromatic rings. The minimum Gasteiger partial charge on any atom is -0.329 e. The summed E-state index contributed by atoms with van der Waals surface area (Å²) in [5.41, 5.74) is 1.86. The lowest BCUT2D eigenvalue weighted by molar-refractivity contribution is 0.221. The van der Waals surface area contributed by atoms with Crippen LogP contribution in [0.4, 0.5) is 10.5 Å². The first kappa shape index (κ1) is 9.58. The molecule has 69 valence electrons. The third-order valence-electron chi connectivity index (χ3n) is 1.64. The van der Waals surface area contributed by atoms with Crippen molar-refractivity contribution < 1.29 is 4.79 Å². The molecule has 1 aromatic carbocycles. The summed E-state index contributed by atoms with van der Waals surface area (Å²) in [6.07, 6.45) is 0. The standard InChI is InChI=1S/C10H13N2O/c1-8-4-6-9(7-5-8)11-10(13)12(2)3/h4-7H,1-3H3. The molecule has 1 rings (SSSR count). The van der Waals surface area contributed by atoms with Crippen LogP contribution in [0, 0.1) is 6.92 Å². The van der Waals surface area contributed by atoms with Crippen LogP contribution in [-0.4, -0.2) is 25.0 Å². The molecule has 0 bridgehead atoms. The Morgan fingerprint density at radius 2 is 1.77 bits per heavy atom. The van der Waals surface area contributed by atoms with Crippen LogP contribution in [0.15, 0.2) is 24.3 Å². The fourth-order valence-electron chi connectivity index (χ4n) is 0.830. The lowest BCUT2D eigenvalue weighted by atomic mass is 10.2. The van der Waals surface area contributed by atoms with Crippen LogP contribution in [0.2, 0.25) is 0 Å². The average Bonchev–Trinajstić information content (AvgIpc) is 2.08. The van der Waals surface area contributed by atoms with Crippen LogP contribution in [0.25, 0.3) is 0 Å². The number of nitrogens with zero attached hydrogens (tertiary/aromatic N) is 2. The van der Waals surface area contributed by atoms with Gasteiger partial charge >= 0.3 is 6.03 Å². The van der Waals surface area contributed by atoms with E-state index in [0.29, 0.717) is 5.69 Å². The van der Waals surface area contributed by atoms with Crippen molar-refractivity contribution in [2.75, 3.05) is 14.1 Å². The number of carbonyl (C=O) groups excluding carboxylic acids is 1. The third kappa shape index (κ3) is 2.78. The van der Waals surface area contributed by atoms with Gasteiger partial charge in [-0.2, -0.15) is 5.32 Å². The van der Waals surface area contributed by atoms with Gasteiger partial charge in [0.05, 0.1) is 5.69 Å². The molecule has 13 heavy (non-hydrogen) atoms. The van der Waals surface area contributed by atoms with E-state index < -0.39 is 0 Å². The Labute approximate surface area is 78.4 Å². The maximum absolute atomic E-state index is 11.2. The van der Waals surface area contributed by atoms with Crippen LogP contribution < -0.4 is 5.32 Å². The Bertz CT molecular complexity index is 290. The number of aryl methyl sites for hydroxylation is 1. The third-order valence-corrected chi connectivity index (χ3v) is 1.64. The highest BCUT2D eigenvalue weighted by Gasteiger charge is 2.04. The van der Waals surface area contributed by atoms with E-state index >= 15 is 0 Å². The Morgan fingerprint density at radius 1 is 1.23 bits per heavy atom. The lowest BCUT2D eigenvalue weighted by Crippen LogP contribution is -2.26. The van der Waals surface area contributed by atoms with Crippen LogP contribution in [0.3, 0.4) is 0 Å². The minimum absolute atomic E-state index is 0.233. The van der Waals surface area contributed by atoms with Gasteiger partial charge in [0.2, 0.25) is 0 Å². The molecule has 0 spiro atoms. The molecule has 0 heterocycles. The van der Waals surface area contributed by atoms with E-state index in [2.05, 4.69) is 5.32 Å². The lowest BCUT2D eigenvalue weighted by Gasteiger charge is -2.09. The fourth-order valence-corrected chi connectivity index (χ4v) is 0.830. The summed E-state index contributed by atoms with van der Waals surface area (Å²) in [5.74, 6) is 0. The molecule has 3 nitrogen and oxygen atoms in total. The average molecular weight is 177 g/mol. The number of hydrogen-bond donors (Lipinski definition) is 0. The summed E-state index contributed by atoms with van der Waals surface area (Å²) >= 11 is 0. The van der Waals surface area contributed by atoms with Gasteiger partial charge in [-0.05, 0) is 19.1 Å². The van der Waals surface area contributed by atoms with Crippen LogP contribution in [-0.2, 0) is 0 Å². The normalized spacial score (nSPS) is 9.46. The number of rotatable bonds is 1. The second-order valence-corrected chi connectivity index (χ2v) is 3.12. The zero-order valence-electron chi connectivity index (χ0n) is 8.11. The second-order valence-electron chi connectivity index (χ2n) is 3.12. The largest absolute Gasteiger partial charge is 0.343 e. The summed E-state index contributed by atoms with van der Waals surface area (Å²) in [6.45, 7) is 2.00. The van der Waals surface area contributed by atoms with Gasteiger partial charge in [0.15, 0.2) is 0 Å². The molecule has 0 fully saturated rings. The first-order chi connectivity index (χ1) is 6.09. The molecule has 0 saturated heterocycles. The molecule has 0 aliphatic heterocycles. The van der Waals surface area contributed by atoms with Gasteiger partial charge in [0.25, 0.3) is 0 Å². The fraction of sp³-hybridized carbons (Fsp3) is 0.300.